The van der Waals surface area contributed by atoms with E-state index in [1.54, 1.807) is 13.3 Å². The number of nitrogens with zero attached hydrogens (tertiary/aromatic N) is 1. The first-order valence-corrected chi connectivity index (χ1v) is 4.41. The van der Waals surface area contributed by atoms with E-state index in [1.165, 1.54) is 0 Å². The van der Waals surface area contributed by atoms with Crippen LogP contribution in [0.5, 0.6) is 5.88 Å². The molecule has 1 N–H and O–H groups in total. The van der Waals surface area contributed by atoms with Gasteiger partial charge in [-0.1, -0.05) is 0 Å². The van der Waals surface area contributed by atoms with Gasteiger partial charge in [0.1, 0.15) is 0 Å². The summed E-state index contributed by atoms with van der Waals surface area (Å²) in [5.74, 6) is 0.628. The first-order valence-electron chi connectivity index (χ1n) is 3.61. The molecule has 0 atom stereocenters. The van der Waals surface area contributed by atoms with Crippen LogP contribution in [0.4, 0.5) is 0 Å². The van der Waals surface area contributed by atoms with Gasteiger partial charge in [0.25, 0.3) is 0 Å². The number of rotatable bonds is 3. The highest BCUT2D eigenvalue weighted by Crippen LogP contribution is 2.25. The third-order valence-corrected chi connectivity index (χ3v) is 2.35. The van der Waals surface area contributed by atoms with E-state index >= 15 is 0 Å². The van der Waals surface area contributed by atoms with Crippen molar-refractivity contribution in [1.82, 2.24) is 10.3 Å². The third-order valence-electron chi connectivity index (χ3n) is 1.50. The summed E-state index contributed by atoms with van der Waals surface area (Å²) < 4.78 is 5.96. The van der Waals surface area contributed by atoms with Gasteiger partial charge in [-0.05, 0) is 34.6 Å². The van der Waals surface area contributed by atoms with Crippen LogP contribution in [0.15, 0.2) is 16.7 Å². The van der Waals surface area contributed by atoms with Crippen LogP contribution in [0.1, 0.15) is 5.56 Å². The van der Waals surface area contributed by atoms with Crippen molar-refractivity contribution < 1.29 is 4.74 Å². The molecule has 1 aromatic heterocycles. The van der Waals surface area contributed by atoms with Crippen LogP contribution >= 0.6 is 28.3 Å². The van der Waals surface area contributed by atoms with Gasteiger partial charge in [-0.2, -0.15) is 0 Å². The average Bonchev–Trinajstić information content (AvgIpc) is 2.09. The minimum atomic E-state index is 0. The molecule has 5 heteroatoms. The van der Waals surface area contributed by atoms with Crippen molar-refractivity contribution in [3.63, 3.8) is 0 Å². The molecule has 0 radical (unpaired) electrons. The van der Waals surface area contributed by atoms with Crippen molar-refractivity contribution in [1.29, 1.82) is 0 Å². The van der Waals surface area contributed by atoms with Gasteiger partial charge in [0.05, 0.1) is 11.6 Å². The van der Waals surface area contributed by atoms with Gasteiger partial charge in [0, 0.05) is 12.7 Å². The molecule has 0 aliphatic rings. The summed E-state index contributed by atoms with van der Waals surface area (Å²) in [5.41, 5.74) is 1.14. The van der Waals surface area contributed by atoms with Gasteiger partial charge in [0.2, 0.25) is 5.88 Å². The number of ether oxygens (including phenoxy) is 1. The number of methoxy groups -OCH3 is 1. The van der Waals surface area contributed by atoms with E-state index in [9.17, 15) is 0 Å². The topological polar surface area (TPSA) is 34.2 Å². The van der Waals surface area contributed by atoms with Crippen molar-refractivity contribution in [2.24, 2.45) is 0 Å². The molecule has 1 rings (SSSR count). The van der Waals surface area contributed by atoms with Crippen LogP contribution in [0.25, 0.3) is 0 Å². The molecule has 0 saturated heterocycles. The third kappa shape index (κ3) is 3.14. The second kappa shape index (κ2) is 6.18. The Morgan fingerprint density at radius 1 is 1.62 bits per heavy atom. The quantitative estimate of drug-likeness (QED) is 0.909. The fourth-order valence-corrected chi connectivity index (χ4v) is 1.47. The predicted octanol–water partition coefficient (Wildman–Crippen LogP) is 1.99. The Morgan fingerprint density at radius 2 is 2.31 bits per heavy atom. The van der Waals surface area contributed by atoms with Crippen LogP contribution in [-0.2, 0) is 6.54 Å². The number of hydrogen-bond acceptors (Lipinski definition) is 3. The number of hydrogen-bond donors (Lipinski definition) is 1. The van der Waals surface area contributed by atoms with Crippen molar-refractivity contribution in [2.75, 3.05) is 14.2 Å². The Morgan fingerprint density at radius 3 is 2.85 bits per heavy atom. The fraction of sp³-hybridized carbons (Fsp3) is 0.375. The molecule has 0 aromatic carbocycles. The molecule has 0 bridgehead atoms. The molecule has 0 fully saturated rings. The second-order valence-corrected chi connectivity index (χ2v) is 3.12. The highest BCUT2D eigenvalue weighted by atomic mass is 79.9. The molecule has 1 aromatic rings. The van der Waals surface area contributed by atoms with Crippen molar-refractivity contribution in [2.45, 2.75) is 6.54 Å². The average molecular weight is 268 g/mol. The Kier molecular flexibility index (Phi) is 6.03. The smallest absolute Gasteiger partial charge is 0.227 e. The van der Waals surface area contributed by atoms with Crippen molar-refractivity contribution >= 4 is 28.3 Å². The zero-order chi connectivity index (χ0) is 8.97. The summed E-state index contributed by atoms with van der Waals surface area (Å²) >= 11 is 3.41. The summed E-state index contributed by atoms with van der Waals surface area (Å²) in [6, 6.07) is 1.95. The van der Waals surface area contributed by atoms with Crippen LogP contribution in [-0.4, -0.2) is 19.1 Å². The van der Waals surface area contributed by atoms with Crippen LogP contribution in [0.2, 0.25) is 0 Å². The number of halogens is 2. The zero-order valence-corrected chi connectivity index (χ0v) is 9.91. The van der Waals surface area contributed by atoms with E-state index in [1.807, 2.05) is 13.1 Å². The Bertz CT molecular complexity index is 270. The van der Waals surface area contributed by atoms with Gasteiger partial charge in [0.15, 0.2) is 0 Å². The maximum atomic E-state index is 5.05. The highest BCUT2D eigenvalue weighted by molar-refractivity contribution is 9.10. The maximum absolute atomic E-state index is 5.05. The lowest BCUT2D eigenvalue weighted by Crippen LogP contribution is -2.06. The van der Waals surface area contributed by atoms with Crippen molar-refractivity contribution in [3.8, 4) is 5.88 Å². The Hall–Kier alpha value is -0.320. The lowest BCUT2D eigenvalue weighted by Gasteiger charge is -2.06. The number of nitrogens with one attached hydrogen (secondary N) is 1. The molecule has 74 valence electrons. The van der Waals surface area contributed by atoms with E-state index in [-0.39, 0.29) is 12.4 Å². The molecule has 0 spiro atoms. The molecule has 0 amide bonds. The molecule has 13 heavy (non-hydrogen) atoms. The van der Waals surface area contributed by atoms with E-state index in [4.69, 9.17) is 4.74 Å². The predicted molar refractivity (Wildman–Crippen MR) is 58.5 cm³/mol. The standard InChI is InChI=1S/C8H11BrN2O.ClH/c1-10-5-6-3-4-11-8(12-2)7(6)9;/h3-4,10H,5H2,1-2H3;1H. The molecule has 0 aliphatic carbocycles. The van der Waals surface area contributed by atoms with Crippen LogP contribution < -0.4 is 10.1 Å². The van der Waals surface area contributed by atoms with Gasteiger partial charge in [-0.25, -0.2) is 4.98 Å². The minimum absolute atomic E-state index is 0. The zero-order valence-electron chi connectivity index (χ0n) is 7.50. The van der Waals surface area contributed by atoms with E-state index in [0.717, 1.165) is 16.6 Å². The first-order chi connectivity index (χ1) is 5.79. The van der Waals surface area contributed by atoms with Gasteiger partial charge in [-0.15, -0.1) is 12.4 Å². The first kappa shape index (κ1) is 12.7. The number of pyridine rings is 1. The Labute approximate surface area is 92.4 Å². The molecule has 3 nitrogen and oxygen atoms in total. The normalized spacial score (nSPS) is 9.15. The van der Waals surface area contributed by atoms with E-state index in [2.05, 4.69) is 26.2 Å². The summed E-state index contributed by atoms with van der Waals surface area (Å²) in [7, 11) is 3.51. The fourth-order valence-electron chi connectivity index (χ4n) is 0.931. The van der Waals surface area contributed by atoms with Gasteiger partial charge in [-0.3, -0.25) is 0 Å². The SMILES string of the molecule is CNCc1ccnc(OC)c1Br.Cl. The van der Waals surface area contributed by atoms with Gasteiger partial charge >= 0.3 is 0 Å². The molecule has 0 saturated carbocycles. The minimum Gasteiger partial charge on any atom is -0.480 e. The molecular formula is C8H12BrClN2O. The summed E-state index contributed by atoms with van der Waals surface area (Å²) in [5, 5.41) is 3.06. The molecule has 1 heterocycles. The van der Waals surface area contributed by atoms with E-state index in [0.29, 0.717) is 5.88 Å². The Balaban J connectivity index is 0.00000144. The monoisotopic (exact) mass is 266 g/mol. The largest absolute Gasteiger partial charge is 0.480 e. The van der Waals surface area contributed by atoms with E-state index < -0.39 is 0 Å². The number of aromatic nitrogens is 1. The van der Waals surface area contributed by atoms with Crippen molar-refractivity contribution in [3.05, 3.63) is 22.3 Å². The van der Waals surface area contributed by atoms with Crippen LogP contribution in [0.3, 0.4) is 0 Å². The second-order valence-electron chi connectivity index (χ2n) is 2.32. The molecular weight excluding hydrogens is 255 g/mol. The summed E-state index contributed by atoms with van der Waals surface area (Å²) in [6.07, 6.45) is 1.73. The molecule has 0 unspecified atom stereocenters. The summed E-state index contributed by atoms with van der Waals surface area (Å²) in [4.78, 5) is 4.04. The van der Waals surface area contributed by atoms with Gasteiger partial charge < -0.3 is 10.1 Å². The lowest BCUT2D eigenvalue weighted by molar-refractivity contribution is 0.394. The maximum Gasteiger partial charge on any atom is 0.227 e. The highest BCUT2D eigenvalue weighted by Gasteiger charge is 2.05. The summed E-state index contributed by atoms with van der Waals surface area (Å²) in [6.45, 7) is 0.805. The molecule has 0 aliphatic heterocycles. The van der Waals surface area contributed by atoms with Crippen LogP contribution in [0, 0.1) is 0 Å². The lowest BCUT2D eigenvalue weighted by atomic mass is 10.2.